The number of anilines is 8. The number of nitrogens with zero attached hydrogens (tertiary/aromatic N) is 3. The summed E-state index contributed by atoms with van der Waals surface area (Å²) >= 11 is 0. The summed E-state index contributed by atoms with van der Waals surface area (Å²) in [7, 11) is 0. The minimum Gasteiger partial charge on any atom is -0.334 e. The summed E-state index contributed by atoms with van der Waals surface area (Å²) in [6.07, 6.45) is 6.07. The van der Waals surface area contributed by atoms with E-state index in [2.05, 4.69) is 257 Å². The van der Waals surface area contributed by atoms with Crippen LogP contribution < -0.4 is 31.1 Å². The lowest BCUT2D eigenvalue weighted by Gasteiger charge is -2.49. The molecule has 2 unspecified atom stereocenters. The first-order valence-electron chi connectivity index (χ1n) is 26.8. The fourth-order valence-corrected chi connectivity index (χ4v) is 13.0. The molecular formula is C67H76BN3. The highest BCUT2D eigenvalue weighted by Crippen LogP contribution is 2.61. The maximum Gasteiger partial charge on any atom is 0.252 e. The topological polar surface area (TPSA) is 9.72 Å². The summed E-state index contributed by atoms with van der Waals surface area (Å²) in [5.74, 6) is 0. The Morgan fingerprint density at radius 1 is 0.408 bits per heavy atom. The molecule has 1 fully saturated rings. The van der Waals surface area contributed by atoms with Gasteiger partial charge >= 0.3 is 0 Å². The van der Waals surface area contributed by atoms with Gasteiger partial charge in [-0.25, -0.2) is 0 Å². The number of hydrogen-bond donors (Lipinski definition) is 0. The van der Waals surface area contributed by atoms with Crippen molar-refractivity contribution in [2.45, 2.75) is 162 Å². The van der Waals surface area contributed by atoms with Gasteiger partial charge in [-0.1, -0.05) is 200 Å². The van der Waals surface area contributed by atoms with E-state index in [1.165, 1.54) is 127 Å². The summed E-state index contributed by atoms with van der Waals surface area (Å²) in [6, 6.07) is 57.5. The van der Waals surface area contributed by atoms with Crippen molar-refractivity contribution in [3.05, 3.63) is 173 Å². The number of fused-ring (bicyclic) bond motifs is 7. The second-order valence-electron chi connectivity index (χ2n) is 26.2. The quantitative estimate of drug-likeness (QED) is 0.163. The fraction of sp³-hybridized carbons (Fsp3) is 0.373. The minimum absolute atomic E-state index is 0.00714. The third-order valence-corrected chi connectivity index (χ3v) is 17.5. The predicted octanol–water partition coefficient (Wildman–Crippen LogP) is 16.8. The molecule has 2 atom stereocenters. The largest absolute Gasteiger partial charge is 0.334 e. The van der Waals surface area contributed by atoms with Gasteiger partial charge in [-0.3, -0.25) is 0 Å². The van der Waals surface area contributed by atoms with Gasteiger partial charge in [0.1, 0.15) is 0 Å². The second-order valence-corrected chi connectivity index (χ2v) is 26.2. The summed E-state index contributed by atoms with van der Waals surface area (Å²) in [5, 5.41) is 0. The molecule has 3 heterocycles. The van der Waals surface area contributed by atoms with Crippen LogP contribution in [-0.4, -0.2) is 12.3 Å². The molecule has 7 aromatic carbocycles. The lowest BCUT2D eigenvalue weighted by Crippen LogP contribution is -2.61. The summed E-state index contributed by atoms with van der Waals surface area (Å²) < 4.78 is 0. The van der Waals surface area contributed by atoms with Crippen LogP contribution in [0.5, 0.6) is 0 Å². The van der Waals surface area contributed by atoms with Crippen LogP contribution in [0.25, 0.3) is 11.1 Å². The van der Waals surface area contributed by atoms with E-state index in [1.807, 2.05) is 0 Å². The molecule has 0 aromatic heterocycles. The number of para-hydroxylation sites is 1. The lowest BCUT2D eigenvalue weighted by molar-refractivity contribution is 0.261. The predicted molar refractivity (Wildman–Crippen MR) is 308 cm³/mol. The molecule has 3 nitrogen and oxygen atoms in total. The molecule has 71 heavy (non-hydrogen) atoms. The highest BCUT2D eigenvalue weighted by Gasteiger charge is 2.57. The SMILES string of the molecule is CC(C)(C)c1cccc(N2c3cc(C(C)(C)C)ccc3B3c4cc(C(C)(C)C)ccc4N(c4ccc(C(C)(C)C)cc4-c4ccccc4)c4cc(N5c6ccccc6C6(C)CCCCCC56C)cc2c43)c1. The third kappa shape index (κ3) is 7.51. The minimum atomic E-state index is -0.140. The zero-order chi connectivity index (χ0) is 50.2. The van der Waals surface area contributed by atoms with Crippen molar-refractivity contribution >= 4 is 68.6 Å². The first-order valence-corrected chi connectivity index (χ1v) is 26.8. The average Bonchev–Trinajstić information content (AvgIpc) is 3.39. The van der Waals surface area contributed by atoms with Crippen LogP contribution in [0.1, 0.15) is 157 Å². The Morgan fingerprint density at radius 2 is 0.986 bits per heavy atom. The van der Waals surface area contributed by atoms with Crippen LogP contribution in [0.4, 0.5) is 45.5 Å². The second kappa shape index (κ2) is 16.3. The molecule has 0 radical (unpaired) electrons. The molecule has 3 aliphatic heterocycles. The van der Waals surface area contributed by atoms with Crippen LogP contribution in [0.15, 0.2) is 146 Å². The van der Waals surface area contributed by atoms with Crippen LogP contribution in [0.2, 0.25) is 0 Å². The highest BCUT2D eigenvalue weighted by molar-refractivity contribution is 7.00. The van der Waals surface area contributed by atoms with E-state index in [-0.39, 0.29) is 39.3 Å². The maximum atomic E-state index is 2.82. The molecule has 0 saturated heterocycles. The molecule has 1 aliphatic carbocycles. The van der Waals surface area contributed by atoms with Crippen LogP contribution in [0, 0.1) is 0 Å². The van der Waals surface area contributed by atoms with Crippen molar-refractivity contribution in [1.29, 1.82) is 0 Å². The van der Waals surface area contributed by atoms with Gasteiger partial charge in [0.05, 0.1) is 11.2 Å². The number of benzene rings is 7. The first-order chi connectivity index (χ1) is 33.5. The zero-order valence-electron chi connectivity index (χ0n) is 45.3. The summed E-state index contributed by atoms with van der Waals surface area (Å²) in [4.78, 5) is 8.18. The first kappa shape index (κ1) is 47.3. The van der Waals surface area contributed by atoms with Gasteiger partial charge in [-0.15, -0.1) is 0 Å². The maximum absolute atomic E-state index is 2.82. The molecule has 362 valence electrons. The molecule has 4 aliphatic rings. The molecule has 11 rings (SSSR count). The van der Waals surface area contributed by atoms with Gasteiger partial charge in [0, 0.05) is 50.8 Å². The van der Waals surface area contributed by atoms with Gasteiger partial charge < -0.3 is 14.7 Å². The monoisotopic (exact) mass is 934 g/mol. The molecule has 0 amide bonds. The van der Waals surface area contributed by atoms with Crippen molar-refractivity contribution in [1.82, 2.24) is 0 Å². The van der Waals surface area contributed by atoms with E-state index >= 15 is 0 Å². The van der Waals surface area contributed by atoms with Gasteiger partial charge in [0.15, 0.2) is 0 Å². The van der Waals surface area contributed by atoms with E-state index in [9.17, 15) is 0 Å². The Morgan fingerprint density at radius 3 is 1.68 bits per heavy atom. The number of hydrogen-bond acceptors (Lipinski definition) is 3. The van der Waals surface area contributed by atoms with Crippen molar-refractivity contribution in [2.75, 3.05) is 14.7 Å². The van der Waals surface area contributed by atoms with Crippen molar-refractivity contribution in [2.24, 2.45) is 0 Å². The molecule has 0 bridgehead atoms. The standard InChI is InChI=1S/C67H76BN3/c1-62(2,3)45-26-23-27-49(38-45)69-58-41-48(65(10,11)12)30-33-53(58)68-54-40-47(64(7,8)9)32-35-57(54)70(55-34-31-46(63(4,5)6)39-51(55)44-24-17-15-18-25-44)60-43-50(42-59(69)61(60)68)71-56-29-20-19-28-52(56)66(13)36-21-16-22-37-67(66,71)14/h15,17-20,23-35,38-43H,16,21-22,36-37H2,1-14H3. The van der Waals surface area contributed by atoms with Gasteiger partial charge in [-0.05, 0) is 146 Å². The van der Waals surface area contributed by atoms with E-state index in [4.69, 9.17) is 0 Å². The van der Waals surface area contributed by atoms with E-state index in [0.717, 1.165) is 6.42 Å². The van der Waals surface area contributed by atoms with Gasteiger partial charge in [0.25, 0.3) is 6.71 Å². The van der Waals surface area contributed by atoms with Crippen LogP contribution in [0.3, 0.4) is 0 Å². The van der Waals surface area contributed by atoms with Crippen molar-refractivity contribution < 1.29 is 0 Å². The zero-order valence-corrected chi connectivity index (χ0v) is 45.3. The Bertz CT molecular complexity index is 3230. The van der Waals surface area contributed by atoms with Crippen molar-refractivity contribution in [3.63, 3.8) is 0 Å². The van der Waals surface area contributed by atoms with E-state index in [1.54, 1.807) is 0 Å². The van der Waals surface area contributed by atoms with Crippen LogP contribution >= 0.6 is 0 Å². The molecule has 7 aromatic rings. The van der Waals surface area contributed by atoms with E-state index < -0.39 is 0 Å². The Balaban J connectivity index is 1.31. The average molecular weight is 934 g/mol. The smallest absolute Gasteiger partial charge is 0.252 e. The third-order valence-electron chi connectivity index (χ3n) is 17.5. The van der Waals surface area contributed by atoms with Gasteiger partial charge in [-0.2, -0.15) is 0 Å². The van der Waals surface area contributed by atoms with E-state index in [0.29, 0.717) is 0 Å². The lowest BCUT2D eigenvalue weighted by atomic mass is 9.33. The molecule has 4 heteroatoms. The Labute approximate surface area is 427 Å². The number of rotatable bonds is 4. The fourth-order valence-electron chi connectivity index (χ4n) is 13.0. The molecule has 0 N–H and O–H groups in total. The molecule has 0 spiro atoms. The Hall–Kier alpha value is -6.00. The Kier molecular flexibility index (Phi) is 10.8. The molecular weight excluding hydrogens is 858 g/mol. The summed E-state index contributed by atoms with van der Waals surface area (Å²) in [6.45, 7) is 33.4. The highest BCUT2D eigenvalue weighted by atomic mass is 15.3. The van der Waals surface area contributed by atoms with Crippen LogP contribution in [-0.2, 0) is 27.1 Å². The normalized spacial score (nSPS) is 19.7. The molecule has 1 saturated carbocycles. The summed E-state index contributed by atoms with van der Waals surface area (Å²) in [5.41, 5.74) is 23.2. The van der Waals surface area contributed by atoms with Crippen molar-refractivity contribution in [3.8, 4) is 11.1 Å². The van der Waals surface area contributed by atoms with Gasteiger partial charge in [0.2, 0.25) is 0 Å².